The quantitative estimate of drug-likeness (QED) is 0.826. The molecule has 0 bridgehead atoms. The van der Waals surface area contributed by atoms with E-state index in [1.165, 1.54) is 0 Å². The highest BCUT2D eigenvalue weighted by atomic mass is 16.5. The Morgan fingerprint density at radius 3 is 2.94 bits per heavy atom. The maximum atomic E-state index is 9.89. The molecule has 0 amide bonds. The lowest BCUT2D eigenvalue weighted by molar-refractivity contribution is -0.00246. The van der Waals surface area contributed by atoms with Crippen LogP contribution in [0.3, 0.4) is 0 Å². The predicted molar refractivity (Wildman–Crippen MR) is 67.1 cm³/mol. The standard InChI is InChI=1S/C12H22N4O2/c1-4-18-11-6-15(5-10(11)17)7-12-14-13-8-16(12)9(2)3/h8-11,17H,4-7H2,1-3H3/t10-,11-/m1/s1. The molecule has 1 aliphatic heterocycles. The van der Waals surface area contributed by atoms with Crippen molar-refractivity contribution in [2.45, 2.75) is 45.6 Å². The Morgan fingerprint density at radius 1 is 1.50 bits per heavy atom. The fourth-order valence-corrected chi connectivity index (χ4v) is 2.35. The summed E-state index contributed by atoms with van der Waals surface area (Å²) in [5.74, 6) is 0.939. The number of rotatable bonds is 5. The average Bonchev–Trinajstić information content (AvgIpc) is 2.88. The van der Waals surface area contributed by atoms with Crippen LogP contribution in [0.25, 0.3) is 0 Å². The lowest BCUT2D eigenvalue weighted by Crippen LogP contribution is -2.26. The monoisotopic (exact) mass is 254 g/mol. The van der Waals surface area contributed by atoms with Crippen LogP contribution in [0.5, 0.6) is 0 Å². The Kier molecular flexibility index (Phi) is 4.31. The van der Waals surface area contributed by atoms with Gasteiger partial charge >= 0.3 is 0 Å². The van der Waals surface area contributed by atoms with E-state index in [-0.39, 0.29) is 6.10 Å². The first-order chi connectivity index (χ1) is 8.61. The largest absolute Gasteiger partial charge is 0.389 e. The molecule has 2 heterocycles. The van der Waals surface area contributed by atoms with Crippen molar-refractivity contribution in [1.82, 2.24) is 19.7 Å². The van der Waals surface area contributed by atoms with Gasteiger partial charge < -0.3 is 14.4 Å². The number of β-amino-alcohol motifs (C(OH)–C–C–N with tert-alkyl or cyclic N) is 1. The predicted octanol–water partition coefficient (Wildman–Crippen LogP) is 0.441. The van der Waals surface area contributed by atoms with E-state index in [0.29, 0.717) is 25.7 Å². The third-order valence-corrected chi connectivity index (χ3v) is 3.26. The molecule has 0 radical (unpaired) electrons. The fraction of sp³-hybridized carbons (Fsp3) is 0.833. The molecule has 1 aliphatic rings. The molecule has 2 rings (SSSR count). The van der Waals surface area contributed by atoms with E-state index in [2.05, 4.69) is 33.5 Å². The highest BCUT2D eigenvalue weighted by Crippen LogP contribution is 2.17. The Balaban J connectivity index is 1.96. The minimum absolute atomic E-state index is 0.0783. The molecule has 0 unspecified atom stereocenters. The molecule has 2 atom stereocenters. The molecule has 18 heavy (non-hydrogen) atoms. The van der Waals surface area contributed by atoms with Crippen molar-refractivity contribution in [3.05, 3.63) is 12.2 Å². The van der Waals surface area contributed by atoms with Crippen LogP contribution in [0.4, 0.5) is 0 Å². The summed E-state index contributed by atoms with van der Waals surface area (Å²) >= 11 is 0. The zero-order chi connectivity index (χ0) is 13.1. The molecule has 102 valence electrons. The summed E-state index contributed by atoms with van der Waals surface area (Å²) in [6, 6.07) is 0.352. The Morgan fingerprint density at radius 2 is 2.28 bits per heavy atom. The smallest absolute Gasteiger partial charge is 0.147 e. The van der Waals surface area contributed by atoms with E-state index in [9.17, 15) is 5.11 Å². The molecule has 0 saturated carbocycles. The normalized spacial score (nSPS) is 25.2. The topological polar surface area (TPSA) is 63.4 Å². The first kappa shape index (κ1) is 13.5. The van der Waals surface area contributed by atoms with Crippen molar-refractivity contribution in [3.8, 4) is 0 Å². The van der Waals surface area contributed by atoms with Crippen molar-refractivity contribution in [2.24, 2.45) is 0 Å². The molecule has 0 spiro atoms. The zero-order valence-electron chi connectivity index (χ0n) is 11.3. The molecular formula is C12H22N4O2. The maximum absolute atomic E-state index is 9.89. The van der Waals surface area contributed by atoms with E-state index in [0.717, 1.165) is 12.4 Å². The summed E-state index contributed by atoms with van der Waals surface area (Å²) in [5, 5.41) is 18.0. The molecule has 6 nitrogen and oxygen atoms in total. The Hall–Kier alpha value is -0.980. The van der Waals surface area contributed by atoms with Gasteiger partial charge in [0.1, 0.15) is 12.2 Å². The fourth-order valence-electron chi connectivity index (χ4n) is 2.35. The van der Waals surface area contributed by atoms with Crippen LogP contribution in [0, 0.1) is 0 Å². The van der Waals surface area contributed by atoms with Crippen molar-refractivity contribution < 1.29 is 9.84 Å². The van der Waals surface area contributed by atoms with Gasteiger partial charge in [-0.3, -0.25) is 4.90 Å². The van der Waals surface area contributed by atoms with Gasteiger partial charge in [0.15, 0.2) is 0 Å². The number of aliphatic hydroxyl groups excluding tert-OH is 1. The number of nitrogens with zero attached hydrogens (tertiary/aromatic N) is 4. The zero-order valence-corrected chi connectivity index (χ0v) is 11.3. The first-order valence-electron chi connectivity index (χ1n) is 6.52. The summed E-state index contributed by atoms with van der Waals surface area (Å²) < 4.78 is 7.56. The van der Waals surface area contributed by atoms with E-state index < -0.39 is 6.10 Å². The van der Waals surface area contributed by atoms with Crippen molar-refractivity contribution in [3.63, 3.8) is 0 Å². The third-order valence-electron chi connectivity index (χ3n) is 3.26. The number of hydrogen-bond acceptors (Lipinski definition) is 5. The summed E-state index contributed by atoms with van der Waals surface area (Å²) in [7, 11) is 0. The van der Waals surface area contributed by atoms with Gasteiger partial charge in [-0.1, -0.05) is 0 Å². The summed E-state index contributed by atoms with van der Waals surface area (Å²) in [4.78, 5) is 2.16. The third kappa shape index (κ3) is 2.88. The van der Waals surface area contributed by atoms with Crippen LogP contribution in [0.1, 0.15) is 32.6 Å². The summed E-state index contributed by atoms with van der Waals surface area (Å²) in [6.07, 6.45) is 1.28. The van der Waals surface area contributed by atoms with Crippen LogP contribution in [-0.4, -0.2) is 56.7 Å². The molecular weight excluding hydrogens is 232 g/mol. The Labute approximate surface area is 108 Å². The number of likely N-dealkylation sites (tertiary alicyclic amines) is 1. The SMILES string of the molecule is CCO[C@@H]1CN(Cc2nncn2C(C)C)C[C@H]1O. The van der Waals surface area contributed by atoms with Gasteiger partial charge in [-0.15, -0.1) is 10.2 Å². The number of hydrogen-bond donors (Lipinski definition) is 1. The van der Waals surface area contributed by atoms with E-state index in [1.54, 1.807) is 6.33 Å². The first-order valence-corrected chi connectivity index (χ1v) is 6.52. The van der Waals surface area contributed by atoms with Gasteiger partial charge in [-0.05, 0) is 20.8 Å². The second-order valence-electron chi connectivity index (χ2n) is 5.00. The molecule has 6 heteroatoms. The molecule has 0 aromatic carbocycles. The van der Waals surface area contributed by atoms with Crippen LogP contribution >= 0.6 is 0 Å². The second kappa shape index (κ2) is 5.77. The summed E-state index contributed by atoms with van der Waals surface area (Å²) in [5.41, 5.74) is 0. The van der Waals surface area contributed by atoms with Crippen LogP contribution < -0.4 is 0 Å². The minimum atomic E-state index is -0.402. The van der Waals surface area contributed by atoms with Gasteiger partial charge in [-0.25, -0.2) is 0 Å². The lowest BCUT2D eigenvalue weighted by atomic mass is 10.3. The van der Waals surface area contributed by atoms with Crippen molar-refractivity contribution in [1.29, 1.82) is 0 Å². The van der Waals surface area contributed by atoms with Gasteiger partial charge in [-0.2, -0.15) is 0 Å². The van der Waals surface area contributed by atoms with Crippen molar-refractivity contribution >= 4 is 0 Å². The molecule has 1 aromatic heterocycles. The molecule has 0 aliphatic carbocycles. The molecule has 1 fully saturated rings. The van der Waals surface area contributed by atoms with Crippen LogP contribution in [0.2, 0.25) is 0 Å². The minimum Gasteiger partial charge on any atom is -0.389 e. The maximum Gasteiger partial charge on any atom is 0.147 e. The highest BCUT2D eigenvalue weighted by molar-refractivity contribution is 4.92. The van der Waals surface area contributed by atoms with E-state index in [1.807, 2.05) is 6.92 Å². The van der Waals surface area contributed by atoms with Gasteiger partial charge in [0, 0.05) is 25.7 Å². The second-order valence-corrected chi connectivity index (χ2v) is 5.00. The number of aliphatic hydroxyl groups is 1. The number of ether oxygens (including phenoxy) is 1. The molecule has 1 saturated heterocycles. The van der Waals surface area contributed by atoms with E-state index >= 15 is 0 Å². The van der Waals surface area contributed by atoms with Gasteiger partial charge in [0.25, 0.3) is 0 Å². The van der Waals surface area contributed by atoms with Crippen molar-refractivity contribution in [2.75, 3.05) is 19.7 Å². The molecule has 1 N–H and O–H groups in total. The van der Waals surface area contributed by atoms with Gasteiger partial charge in [0.2, 0.25) is 0 Å². The molecule has 1 aromatic rings. The number of aromatic nitrogens is 3. The lowest BCUT2D eigenvalue weighted by Gasteiger charge is -2.17. The van der Waals surface area contributed by atoms with Gasteiger partial charge in [0.05, 0.1) is 18.8 Å². The van der Waals surface area contributed by atoms with Crippen LogP contribution in [-0.2, 0) is 11.3 Å². The van der Waals surface area contributed by atoms with Crippen LogP contribution in [0.15, 0.2) is 6.33 Å². The Bertz CT molecular complexity index is 380. The highest BCUT2D eigenvalue weighted by Gasteiger charge is 2.32. The van der Waals surface area contributed by atoms with E-state index in [4.69, 9.17) is 4.74 Å². The average molecular weight is 254 g/mol. The summed E-state index contributed by atoms with van der Waals surface area (Å²) in [6.45, 7) is 8.89.